The summed E-state index contributed by atoms with van der Waals surface area (Å²) < 4.78 is 2.22. The Kier molecular flexibility index (Phi) is 8.41. The molecule has 0 spiro atoms. The van der Waals surface area contributed by atoms with Crippen LogP contribution in [0.15, 0.2) is 200 Å². The first-order valence-corrected chi connectivity index (χ1v) is 17.8. The average molecular weight is 683 g/mol. The van der Waals surface area contributed by atoms with Crippen LogP contribution in [0.3, 0.4) is 0 Å². The minimum Gasteiger partial charge on any atom is -0.423 e. The first-order chi connectivity index (χ1) is 26.1. The molecule has 0 saturated carbocycles. The lowest BCUT2D eigenvalue weighted by Crippen LogP contribution is -2.31. The van der Waals surface area contributed by atoms with Crippen LogP contribution < -0.4 is 10.4 Å². The Morgan fingerprint density at radius 2 is 0.868 bits per heavy atom. The number of nitrogens with zero attached hydrogens (tertiary/aromatic N) is 2. The van der Waals surface area contributed by atoms with E-state index in [1.165, 1.54) is 0 Å². The van der Waals surface area contributed by atoms with Gasteiger partial charge in [-0.2, -0.15) is 0 Å². The van der Waals surface area contributed by atoms with E-state index in [1.807, 2.05) is 42.5 Å². The number of aromatic nitrogens is 1. The third-order valence-electron chi connectivity index (χ3n) is 9.94. The number of benzene rings is 8. The normalized spacial score (nSPS) is 11.2. The quantitative estimate of drug-likeness (QED) is 0.157. The van der Waals surface area contributed by atoms with E-state index in [2.05, 4.69) is 167 Å². The number of hydrogen-bond donors (Lipinski definition) is 2. The van der Waals surface area contributed by atoms with Gasteiger partial charge in [-0.1, -0.05) is 146 Å². The summed E-state index contributed by atoms with van der Waals surface area (Å²) in [6.07, 6.45) is 0. The maximum atomic E-state index is 10.9. The summed E-state index contributed by atoms with van der Waals surface area (Å²) in [6.45, 7) is 0. The minimum absolute atomic E-state index is 0.393. The second-order valence-corrected chi connectivity index (χ2v) is 13.2. The van der Waals surface area contributed by atoms with Crippen molar-refractivity contribution < 1.29 is 10.0 Å². The summed E-state index contributed by atoms with van der Waals surface area (Å²) in [5, 5.41) is 24.0. The van der Waals surface area contributed by atoms with E-state index in [0.29, 0.717) is 5.46 Å². The van der Waals surface area contributed by atoms with Crippen molar-refractivity contribution in [2.75, 3.05) is 4.90 Å². The van der Waals surface area contributed by atoms with Crippen molar-refractivity contribution in [1.82, 2.24) is 4.57 Å². The molecule has 0 aliphatic rings. The van der Waals surface area contributed by atoms with Gasteiger partial charge in [-0.3, -0.25) is 0 Å². The molecule has 9 aromatic rings. The van der Waals surface area contributed by atoms with Crippen LogP contribution in [0, 0.1) is 0 Å². The van der Waals surface area contributed by atoms with Crippen molar-refractivity contribution in [2.24, 2.45) is 0 Å². The predicted molar refractivity (Wildman–Crippen MR) is 222 cm³/mol. The number of rotatable bonds is 8. The molecule has 0 aliphatic carbocycles. The van der Waals surface area contributed by atoms with E-state index in [0.717, 1.165) is 77.9 Å². The maximum Gasteiger partial charge on any atom is 0.488 e. The Morgan fingerprint density at radius 1 is 0.396 bits per heavy atom. The van der Waals surface area contributed by atoms with E-state index in [4.69, 9.17) is 0 Å². The van der Waals surface area contributed by atoms with Crippen LogP contribution in [0.1, 0.15) is 0 Å². The smallest absolute Gasteiger partial charge is 0.423 e. The van der Waals surface area contributed by atoms with Crippen molar-refractivity contribution in [3.63, 3.8) is 0 Å². The van der Waals surface area contributed by atoms with E-state index in [1.54, 1.807) is 0 Å². The number of hydrogen-bond acceptors (Lipinski definition) is 3. The van der Waals surface area contributed by atoms with Gasteiger partial charge in [-0.15, -0.1) is 0 Å². The summed E-state index contributed by atoms with van der Waals surface area (Å²) in [7, 11) is -1.69. The fourth-order valence-electron chi connectivity index (χ4n) is 7.52. The Morgan fingerprint density at radius 3 is 1.43 bits per heavy atom. The molecular formula is C48H35BN2O2. The number of para-hydroxylation sites is 3. The van der Waals surface area contributed by atoms with Gasteiger partial charge < -0.3 is 19.5 Å². The van der Waals surface area contributed by atoms with Gasteiger partial charge in [-0.05, 0) is 87.9 Å². The highest BCUT2D eigenvalue weighted by molar-refractivity contribution is 6.58. The molecule has 2 N–H and O–H groups in total. The molecule has 8 aromatic carbocycles. The van der Waals surface area contributed by atoms with Crippen molar-refractivity contribution in [3.05, 3.63) is 200 Å². The molecule has 0 fully saturated rings. The standard InChI is InChI=1S/C48H35BN2O2/c52-49(53)39-31-41(33-42(32-39)51-47-26-14-11-23-44(47)45-24-12-15-27-48(45)51)50(46-25-13-10-22-43(46)36-20-8-3-9-21-36)40-29-37(34-16-4-1-5-17-34)28-38(30-40)35-18-6-2-7-19-35/h1-33,52-53H. The van der Waals surface area contributed by atoms with E-state index in [-0.39, 0.29) is 0 Å². The van der Waals surface area contributed by atoms with Gasteiger partial charge in [0.25, 0.3) is 0 Å². The highest BCUT2D eigenvalue weighted by Gasteiger charge is 2.23. The first-order valence-electron chi connectivity index (χ1n) is 17.8. The second-order valence-electron chi connectivity index (χ2n) is 13.2. The van der Waals surface area contributed by atoms with Crippen molar-refractivity contribution >= 4 is 51.4 Å². The highest BCUT2D eigenvalue weighted by atomic mass is 16.4. The number of anilines is 3. The Bertz CT molecular complexity index is 2600. The van der Waals surface area contributed by atoms with Crippen LogP contribution in [-0.4, -0.2) is 21.7 Å². The molecule has 5 heteroatoms. The molecule has 252 valence electrons. The largest absolute Gasteiger partial charge is 0.488 e. The van der Waals surface area contributed by atoms with Gasteiger partial charge in [0, 0.05) is 33.4 Å². The van der Waals surface area contributed by atoms with Crippen LogP contribution >= 0.6 is 0 Å². The maximum absolute atomic E-state index is 10.9. The zero-order valence-corrected chi connectivity index (χ0v) is 28.9. The molecule has 0 atom stereocenters. The minimum atomic E-state index is -1.69. The highest BCUT2D eigenvalue weighted by Crippen LogP contribution is 2.44. The summed E-state index contributed by atoms with van der Waals surface area (Å²) in [5.74, 6) is 0. The van der Waals surface area contributed by atoms with E-state index in [9.17, 15) is 10.0 Å². The molecular weight excluding hydrogens is 647 g/mol. The Hall–Kier alpha value is -6.66. The van der Waals surface area contributed by atoms with Crippen LogP contribution in [0.5, 0.6) is 0 Å². The van der Waals surface area contributed by atoms with Crippen LogP contribution in [0.25, 0.3) is 60.9 Å². The topological polar surface area (TPSA) is 48.6 Å². The summed E-state index contributed by atoms with van der Waals surface area (Å²) in [5.41, 5.74) is 12.5. The van der Waals surface area contributed by atoms with E-state index >= 15 is 0 Å². The number of fused-ring (bicyclic) bond motifs is 3. The molecule has 1 aromatic heterocycles. The first kappa shape index (κ1) is 32.3. The van der Waals surface area contributed by atoms with Gasteiger partial charge in [-0.25, -0.2) is 0 Å². The lowest BCUT2D eigenvalue weighted by Gasteiger charge is -2.30. The molecule has 0 amide bonds. The lowest BCUT2D eigenvalue weighted by molar-refractivity contribution is 0.426. The molecule has 9 rings (SSSR count). The molecule has 4 nitrogen and oxygen atoms in total. The van der Waals surface area contributed by atoms with Gasteiger partial charge in [0.05, 0.1) is 16.7 Å². The third kappa shape index (κ3) is 6.08. The molecule has 0 unspecified atom stereocenters. The lowest BCUT2D eigenvalue weighted by atomic mass is 9.79. The van der Waals surface area contributed by atoms with Crippen molar-refractivity contribution in [2.45, 2.75) is 0 Å². The van der Waals surface area contributed by atoms with Crippen LogP contribution in [-0.2, 0) is 0 Å². The molecule has 0 saturated heterocycles. The molecule has 1 heterocycles. The fourth-order valence-corrected chi connectivity index (χ4v) is 7.52. The van der Waals surface area contributed by atoms with Crippen LogP contribution in [0.4, 0.5) is 17.1 Å². The molecule has 0 bridgehead atoms. The van der Waals surface area contributed by atoms with Gasteiger partial charge in [0.15, 0.2) is 0 Å². The molecule has 53 heavy (non-hydrogen) atoms. The van der Waals surface area contributed by atoms with Crippen molar-refractivity contribution in [1.29, 1.82) is 0 Å². The second kappa shape index (κ2) is 13.8. The van der Waals surface area contributed by atoms with Gasteiger partial charge >= 0.3 is 7.12 Å². The fraction of sp³-hybridized carbons (Fsp3) is 0. The van der Waals surface area contributed by atoms with Crippen LogP contribution in [0.2, 0.25) is 0 Å². The Balaban J connectivity index is 1.36. The summed E-state index contributed by atoms with van der Waals surface area (Å²) in [6, 6.07) is 69.1. The van der Waals surface area contributed by atoms with Crippen molar-refractivity contribution in [3.8, 4) is 39.1 Å². The molecule has 0 radical (unpaired) electrons. The SMILES string of the molecule is OB(O)c1cc(N(c2cc(-c3ccccc3)cc(-c3ccccc3)c2)c2ccccc2-c2ccccc2)cc(-n2c3ccccc3c3ccccc32)c1. The summed E-state index contributed by atoms with van der Waals surface area (Å²) >= 11 is 0. The molecule has 0 aliphatic heterocycles. The van der Waals surface area contributed by atoms with Gasteiger partial charge in [0.2, 0.25) is 0 Å². The Labute approximate surface area is 309 Å². The average Bonchev–Trinajstić information content (AvgIpc) is 3.56. The monoisotopic (exact) mass is 682 g/mol. The van der Waals surface area contributed by atoms with Gasteiger partial charge in [0.1, 0.15) is 0 Å². The van der Waals surface area contributed by atoms with E-state index < -0.39 is 7.12 Å². The zero-order chi connectivity index (χ0) is 35.7. The summed E-state index contributed by atoms with van der Waals surface area (Å²) in [4.78, 5) is 2.25. The zero-order valence-electron chi connectivity index (χ0n) is 28.9. The third-order valence-corrected chi connectivity index (χ3v) is 9.94. The predicted octanol–water partition coefficient (Wildman–Crippen LogP) is 10.9.